The number of aryl methyl sites for hydroxylation is 1. The van der Waals surface area contributed by atoms with E-state index in [1.54, 1.807) is 6.07 Å². The molecule has 1 aromatic heterocycles. The van der Waals surface area contributed by atoms with Crippen LogP contribution < -0.4 is 0 Å². The van der Waals surface area contributed by atoms with Crippen molar-refractivity contribution in [3.8, 4) is 17.2 Å². The Hall–Kier alpha value is -2.81. The van der Waals surface area contributed by atoms with E-state index < -0.39 is 0 Å². The van der Waals surface area contributed by atoms with Gasteiger partial charge < -0.3 is 9.52 Å². The van der Waals surface area contributed by atoms with Gasteiger partial charge in [0.2, 0.25) is 5.89 Å². The molecule has 0 aliphatic rings. The van der Waals surface area contributed by atoms with E-state index in [9.17, 15) is 5.11 Å². The molecule has 0 bridgehead atoms. The normalized spacial score (nSPS) is 11.3. The van der Waals surface area contributed by atoms with Crippen LogP contribution >= 0.6 is 0 Å². The minimum Gasteiger partial charge on any atom is -0.507 e. The second kappa shape index (κ2) is 4.35. The molecule has 3 heteroatoms. The summed E-state index contributed by atoms with van der Waals surface area (Å²) >= 11 is 0. The molecule has 3 aromatic carbocycles. The SMILES string of the molecule is Cc1ccc2oc(-c3c(O)ccc4ccccc34)nc2c1. The van der Waals surface area contributed by atoms with E-state index in [0.717, 1.165) is 27.4 Å². The smallest absolute Gasteiger partial charge is 0.231 e. The summed E-state index contributed by atoms with van der Waals surface area (Å²) in [7, 11) is 0. The van der Waals surface area contributed by atoms with Crippen molar-refractivity contribution in [3.63, 3.8) is 0 Å². The first-order valence-corrected chi connectivity index (χ1v) is 6.81. The lowest BCUT2D eigenvalue weighted by atomic mass is 10.0. The first-order valence-electron chi connectivity index (χ1n) is 6.81. The zero-order chi connectivity index (χ0) is 14.4. The van der Waals surface area contributed by atoms with Gasteiger partial charge in [0, 0.05) is 0 Å². The zero-order valence-electron chi connectivity index (χ0n) is 11.5. The van der Waals surface area contributed by atoms with Crippen LogP contribution in [-0.2, 0) is 0 Å². The lowest BCUT2D eigenvalue weighted by molar-refractivity contribution is 0.475. The maximum absolute atomic E-state index is 10.2. The van der Waals surface area contributed by atoms with E-state index in [4.69, 9.17) is 4.42 Å². The van der Waals surface area contributed by atoms with Crippen LogP contribution in [0.1, 0.15) is 5.56 Å². The lowest BCUT2D eigenvalue weighted by Crippen LogP contribution is -1.82. The van der Waals surface area contributed by atoms with Crippen molar-refractivity contribution in [2.24, 2.45) is 0 Å². The highest BCUT2D eigenvalue weighted by Gasteiger charge is 2.15. The Morgan fingerprint density at radius 3 is 2.76 bits per heavy atom. The molecule has 0 spiro atoms. The molecule has 0 radical (unpaired) electrons. The van der Waals surface area contributed by atoms with Gasteiger partial charge in [-0.25, -0.2) is 4.98 Å². The molecule has 0 amide bonds. The summed E-state index contributed by atoms with van der Waals surface area (Å²) in [5.41, 5.74) is 3.30. The van der Waals surface area contributed by atoms with Gasteiger partial charge in [-0.2, -0.15) is 0 Å². The molecular formula is C18H13NO2. The zero-order valence-corrected chi connectivity index (χ0v) is 11.5. The molecule has 0 aliphatic carbocycles. The van der Waals surface area contributed by atoms with Crippen molar-refractivity contribution in [1.29, 1.82) is 0 Å². The first-order chi connectivity index (χ1) is 10.2. The highest BCUT2D eigenvalue weighted by Crippen LogP contribution is 2.37. The van der Waals surface area contributed by atoms with Crippen LogP contribution in [0.2, 0.25) is 0 Å². The van der Waals surface area contributed by atoms with Crippen molar-refractivity contribution < 1.29 is 9.52 Å². The minimum atomic E-state index is 0.178. The predicted molar refractivity (Wildman–Crippen MR) is 83.4 cm³/mol. The first kappa shape index (κ1) is 12.0. The summed E-state index contributed by atoms with van der Waals surface area (Å²) in [5.74, 6) is 0.627. The molecule has 102 valence electrons. The van der Waals surface area contributed by atoms with Gasteiger partial charge in [0.25, 0.3) is 0 Å². The highest BCUT2D eigenvalue weighted by atomic mass is 16.3. The molecule has 21 heavy (non-hydrogen) atoms. The third kappa shape index (κ3) is 1.86. The Kier molecular flexibility index (Phi) is 2.48. The van der Waals surface area contributed by atoms with Crippen LogP contribution in [0.3, 0.4) is 0 Å². The Morgan fingerprint density at radius 2 is 1.86 bits per heavy atom. The predicted octanol–water partition coefficient (Wildman–Crippen LogP) is 4.66. The van der Waals surface area contributed by atoms with E-state index in [2.05, 4.69) is 4.98 Å². The third-order valence-electron chi connectivity index (χ3n) is 3.66. The molecule has 1 heterocycles. The molecule has 3 nitrogen and oxygen atoms in total. The van der Waals surface area contributed by atoms with Crippen molar-refractivity contribution in [2.45, 2.75) is 6.92 Å². The van der Waals surface area contributed by atoms with Gasteiger partial charge in [-0.05, 0) is 41.5 Å². The van der Waals surface area contributed by atoms with Gasteiger partial charge in [-0.1, -0.05) is 36.4 Å². The quantitative estimate of drug-likeness (QED) is 0.549. The number of hydrogen-bond donors (Lipinski definition) is 1. The number of rotatable bonds is 1. The molecule has 0 saturated heterocycles. The standard InChI is InChI=1S/C18H13NO2/c1-11-6-9-16-14(10-11)19-18(21-16)17-13-5-3-2-4-12(13)7-8-15(17)20/h2-10,20H,1H3. The Balaban J connectivity index is 2.05. The fourth-order valence-electron chi connectivity index (χ4n) is 2.63. The number of benzene rings is 3. The maximum Gasteiger partial charge on any atom is 0.231 e. The van der Waals surface area contributed by atoms with Gasteiger partial charge in [-0.15, -0.1) is 0 Å². The number of aromatic hydroxyl groups is 1. The largest absolute Gasteiger partial charge is 0.507 e. The molecule has 0 atom stereocenters. The van der Waals surface area contributed by atoms with Gasteiger partial charge in [-0.3, -0.25) is 0 Å². The summed E-state index contributed by atoms with van der Waals surface area (Å²) < 4.78 is 5.83. The molecular weight excluding hydrogens is 262 g/mol. The van der Waals surface area contributed by atoms with Gasteiger partial charge in [0.05, 0.1) is 5.56 Å². The van der Waals surface area contributed by atoms with Crippen LogP contribution in [0, 0.1) is 6.92 Å². The number of oxazole rings is 1. The van der Waals surface area contributed by atoms with E-state index >= 15 is 0 Å². The van der Waals surface area contributed by atoms with Crippen LogP contribution in [0.5, 0.6) is 5.75 Å². The second-order valence-corrected chi connectivity index (χ2v) is 5.17. The molecule has 0 fully saturated rings. The van der Waals surface area contributed by atoms with Crippen LogP contribution in [0.4, 0.5) is 0 Å². The topological polar surface area (TPSA) is 46.3 Å². The van der Waals surface area contributed by atoms with Crippen LogP contribution in [-0.4, -0.2) is 10.1 Å². The molecule has 0 aliphatic heterocycles. The number of hydrogen-bond acceptors (Lipinski definition) is 3. The van der Waals surface area contributed by atoms with Gasteiger partial charge >= 0.3 is 0 Å². The fourth-order valence-corrected chi connectivity index (χ4v) is 2.63. The third-order valence-corrected chi connectivity index (χ3v) is 3.66. The van der Waals surface area contributed by atoms with E-state index in [0.29, 0.717) is 11.5 Å². The second-order valence-electron chi connectivity index (χ2n) is 5.17. The molecule has 0 unspecified atom stereocenters. The van der Waals surface area contributed by atoms with Crippen molar-refractivity contribution >= 4 is 21.9 Å². The molecule has 4 aromatic rings. The van der Waals surface area contributed by atoms with E-state index in [-0.39, 0.29) is 5.75 Å². The summed E-state index contributed by atoms with van der Waals surface area (Å²) in [6.07, 6.45) is 0. The highest BCUT2D eigenvalue weighted by molar-refractivity contribution is 5.98. The van der Waals surface area contributed by atoms with E-state index in [1.807, 2.05) is 55.5 Å². The number of nitrogens with zero attached hydrogens (tertiary/aromatic N) is 1. The lowest BCUT2D eigenvalue weighted by Gasteiger charge is -2.05. The van der Waals surface area contributed by atoms with Crippen molar-refractivity contribution in [3.05, 3.63) is 60.2 Å². The fraction of sp³-hybridized carbons (Fsp3) is 0.0556. The Labute approximate surface area is 121 Å². The molecule has 0 saturated carbocycles. The average molecular weight is 275 g/mol. The number of phenolic OH excluding ortho intramolecular Hbond substituents is 1. The van der Waals surface area contributed by atoms with Gasteiger partial charge in [0.1, 0.15) is 11.3 Å². The summed E-state index contributed by atoms with van der Waals surface area (Å²) in [6, 6.07) is 17.3. The molecule has 1 N–H and O–H groups in total. The Morgan fingerprint density at radius 1 is 1.00 bits per heavy atom. The number of aromatic nitrogens is 1. The van der Waals surface area contributed by atoms with Gasteiger partial charge in [0.15, 0.2) is 5.58 Å². The van der Waals surface area contributed by atoms with Crippen molar-refractivity contribution in [2.75, 3.05) is 0 Å². The van der Waals surface area contributed by atoms with Crippen LogP contribution in [0.15, 0.2) is 59.0 Å². The Bertz CT molecular complexity index is 969. The number of fused-ring (bicyclic) bond motifs is 2. The van der Waals surface area contributed by atoms with Crippen molar-refractivity contribution in [1.82, 2.24) is 4.98 Å². The summed E-state index contributed by atoms with van der Waals surface area (Å²) in [5, 5.41) is 12.2. The monoisotopic (exact) mass is 275 g/mol. The summed E-state index contributed by atoms with van der Waals surface area (Å²) in [4.78, 5) is 4.53. The summed E-state index contributed by atoms with van der Waals surface area (Å²) in [6.45, 7) is 2.02. The molecule has 4 rings (SSSR count). The number of phenols is 1. The van der Waals surface area contributed by atoms with E-state index in [1.165, 1.54) is 0 Å². The van der Waals surface area contributed by atoms with Crippen LogP contribution in [0.25, 0.3) is 33.3 Å². The average Bonchev–Trinajstić information content (AvgIpc) is 2.89. The maximum atomic E-state index is 10.2. The minimum absolute atomic E-state index is 0.178.